The van der Waals surface area contributed by atoms with E-state index >= 15 is 0 Å². The van der Waals surface area contributed by atoms with Crippen molar-refractivity contribution in [2.24, 2.45) is 5.84 Å². The molecule has 0 aliphatic rings. The van der Waals surface area contributed by atoms with Crippen LogP contribution in [0, 0.1) is 6.92 Å². The van der Waals surface area contributed by atoms with Crippen LogP contribution in [0.15, 0.2) is 36.4 Å². The molecule has 0 bridgehead atoms. The molecular weight excluding hydrogens is 250 g/mol. The summed E-state index contributed by atoms with van der Waals surface area (Å²) in [5, 5.41) is 1.63. The fourth-order valence-corrected chi connectivity index (χ4v) is 2.19. The number of benzene rings is 1. The van der Waals surface area contributed by atoms with Crippen molar-refractivity contribution >= 4 is 5.69 Å². The molecule has 1 aromatic carbocycles. The number of hydrogen-bond donors (Lipinski definition) is 1. The number of hydrogen-bond acceptors (Lipinski definition) is 4. The maximum atomic E-state index is 5.89. The van der Waals surface area contributed by atoms with Crippen LogP contribution in [-0.4, -0.2) is 12.0 Å². The SMILES string of the molecule is CCc1cccc(N(C)N)c1COc1cccc(C)n1. The van der Waals surface area contributed by atoms with Gasteiger partial charge < -0.3 is 9.75 Å². The number of hydrazine groups is 1. The summed E-state index contributed by atoms with van der Waals surface area (Å²) in [5.41, 5.74) is 4.29. The number of ether oxygens (including phenoxy) is 1. The van der Waals surface area contributed by atoms with Gasteiger partial charge in [0.05, 0.1) is 5.69 Å². The summed E-state index contributed by atoms with van der Waals surface area (Å²) >= 11 is 0. The van der Waals surface area contributed by atoms with Gasteiger partial charge in [0, 0.05) is 24.4 Å². The maximum absolute atomic E-state index is 5.89. The van der Waals surface area contributed by atoms with Gasteiger partial charge in [0.25, 0.3) is 0 Å². The minimum absolute atomic E-state index is 0.470. The molecule has 0 aliphatic carbocycles. The van der Waals surface area contributed by atoms with Crippen molar-refractivity contribution < 1.29 is 4.74 Å². The highest BCUT2D eigenvalue weighted by Crippen LogP contribution is 2.24. The third kappa shape index (κ3) is 3.27. The number of anilines is 1. The second-order valence-corrected chi connectivity index (χ2v) is 4.79. The number of nitrogens with zero attached hydrogens (tertiary/aromatic N) is 2. The van der Waals surface area contributed by atoms with Crippen molar-refractivity contribution in [3.05, 3.63) is 53.2 Å². The lowest BCUT2D eigenvalue weighted by Gasteiger charge is -2.20. The van der Waals surface area contributed by atoms with Crippen molar-refractivity contribution in [3.63, 3.8) is 0 Å². The molecule has 1 heterocycles. The Balaban J connectivity index is 2.24. The molecule has 2 aromatic rings. The predicted molar refractivity (Wildman–Crippen MR) is 81.7 cm³/mol. The Bertz CT molecular complexity index is 582. The van der Waals surface area contributed by atoms with Crippen LogP contribution in [-0.2, 0) is 13.0 Å². The van der Waals surface area contributed by atoms with Crippen molar-refractivity contribution in [2.75, 3.05) is 12.1 Å². The summed E-state index contributed by atoms with van der Waals surface area (Å²) in [4.78, 5) is 4.35. The number of aromatic nitrogens is 1. The molecule has 0 spiro atoms. The zero-order valence-corrected chi connectivity index (χ0v) is 12.3. The number of aryl methyl sites for hydroxylation is 2. The van der Waals surface area contributed by atoms with E-state index in [-0.39, 0.29) is 0 Å². The Morgan fingerprint density at radius 1 is 1.20 bits per heavy atom. The molecule has 4 nitrogen and oxygen atoms in total. The summed E-state index contributed by atoms with van der Waals surface area (Å²) in [5.74, 6) is 6.53. The Morgan fingerprint density at radius 3 is 2.60 bits per heavy atom. The predicted octanol–water partition coefficient (Wildman–Crippen LogP) is 2.84. The van der Waals surface area contributed by atoms with Gasteiger partial charge in [0.2, 0.25) is 5.88 Å². The van der Waals surface area contributed by atoms with E-state index in [1.165, 1.54) is 5.56 Å². The topological polar surface area (TPSA) is 51.4 Å². The van der Waals surface area contributed by atoms with E-state index in [1.54, 1.807) is 5.01 Å². The highest BCUT2D eigenvalue weighted by molar-refractivity contribution is 5.55. The van der Waals surface area contributed by atoms with Gasteiger partial charge in [-0.15, -0.1) is 0 Å². The Morgan fingerprint density at radius 2 is 1.95 bits per heavy atom. The average Bonchev–Trinajstić information content (AvgIpc) is 2.44. The maximum Gasteiger partial charge on any atom is 0.213 e. The first-order chi connectivity index (χ1) is 9.61. The minimum atomic E-state index is 0.470. The van der Waals surface area contributed by atoms with Crippen LogP contribution < -0.4 is 15.6 Å². The average molecular weight is 271 g/mol. The quantitative estimate of drug-likeness (QED) is 0.671. The fraction of sp³-hybridized carbons (Fsp3) is 0.312. The van der Waals surface area contributed by atoms with Gasteiger partial charge in [-0.05, 0) is 31.0 Å². The molecule has 20 heavy (non-hydrogen) atoms. The van der Waals surface area contributed by atoms with Crippen LogP contribution in [0.25, 0.3) is 0 Å². The number of pyridine rings is 1. The van der Waals surface area contributed by atoms with E-state index in [0.29, 0.717) is 12.5 Å². The van der Waals surface area contributed by atoms with Crippen LogP contribution in [0.1, 0.15) is 23.7 Å². The highest BCUT2D eigenvalue weighted by Gasteiger charge is 2.10. The van der Waals surface area contributed by atoms with Crippen LogP contribution in [0.5, 0.6) is 5.88 Å². The first-order valence-corrected chi connectivity index (χ1v) is 6.77. The lowest BCUT2D eigenvalue weighted by atomic mass is 10.0. The van der Waals surface area contributed by atoms with Gasteiger partial charge in [0.1, 0.15) is 6.61 Å². The molecule has 2 N–H and O–H groups in total. The number of rotatable bonds is 5. The molecule has 0 atom stereocenters. The van der Waals surface area contributed by atoms with Crippen LogP contribution in [0.2, 0.25) is 0 Å². The number of nitrogens with two attached hydrogens (primary N) is 1. The second-order valence-electron chi connectivity index (χ2n) is 4.79. The molecule has 1 aromatic heterocycles. The molecule has 2 rings (SSSR count). The lowest BCUT2D eigenvalue weighted by molar-refractivity contribution is 0.292. The van der Waals surface area contributed by atoms with Gasteiger partial charge in [0.15, 0.2) is 0 Å². The molecule has 0 amide bonds. The first-order valence-electron chi connectivity index (χ1n) is 6.77. The molecule has 0 saturated heterocycles. The largest absolute Gasteiger partial charge is 0.473 e. The van der Waals surface area contributed by atoms with Gasteiger partial charge >= 0.3 is 0 Å². The van der Waals surface area contributed by atoms with E-state index < -0.39 is 0 Å². The van der Waals surface area contributed by atoms with Gasteiger partial charge in [-0.2, -0.15) is 0 Å². The van der Waals surface area contributed by atoms with Crippen molar-refractivity contribution in [1.82, 2.24) is 4.98 Å². The molecule has 0 fully saturated rings. The zero-order valence-electron chi connectivity index (χ0n) is 12.3. The van der Waals surface area contributed by atoms with E-state index in [4.69, 9.17) is 10.6 Å². The summed E-state index contributed by atoms with van der Waals surface area (Å²) in [6, 6.07) is 11.9. The van der Waals surface area contributed by atoms with Gasteiger partial charge in [-0.1, -0.05) is 25.1 Å². The summed E-state index contributed by atoms with van der Waals surface area (Å²) in [6.45, 7) is 4.55. The zero-order chi connectivity index (χ0) is 14.5. The summed E-state index contributed by atoms with van der Waals surface area (Å²) in [6.07, 6.45) is 0.946. The highest BCUT2D eigenvalue weighted by atomic mass is 16.5. The molecule has 0 saturated carbocycles. The molecule has 0 radical (unpaired) electrons. The third-order valence-electron chi connectivity index (χ3n) is 3.24. The smallest absolute Gasteiger partial charge is 0.213 e. The Kier molecular flexibility index (Phi) is 4.58. The third-order valence-corrected chi connectivity index (χ3v) is 3.24. The normalized spacial score (nSPS) is 10.4. The molecule has 0 aliphatic heterocycles. The van der Waals surface area contributed by atoms with E-state index in [2.05, 4.69) is 18.0 Å². The van der Waals surface area contributed by atoms with Crippen molar-refractivity contribution in [3.8, 4) is 5.88 Å². The molecule has 4 heteroatoms. The molecule has 106 valence electrons. The van der Waals surface area contributed by atoms with Gasteiger partial charge in [-0.3, -0.25) is 0 Å². The summed E-state index contributed by atoms with van der Waals surface area (Å²) in [7, 11) is 1.84. The van der Waals surface area contributed by atoms with E-state index in [0.717, 1.165) is 23.4 Å². The van der Waals surface area contributed by atoms with Crippen LogP contribution in [0.4, 0.5) is 5.69 Å². The Labute approximate surface area is 120 Å². The molecule has 0 unspecified atom stereocenters. The molecular formula is C16H21N3O. The van der Waals surface area contributed by atoms with Crippen molar-refractivity contribution in [2.45, 2.75) is 26.9 Å². The van der Waals surface area contributed by atoms with Gasteiger partial charge in [-0.25, -0.2) is 10.8 Å². The van der Waals surface area contributed by atoms with Crippen LogP contribution in [0.3, 0.4) is 0 Å². The lowest BCUT2D eigenvalue weighted by Crippen LogP contribution is -2.27. The van der Waals surface area contributed by atoms with E-state index in [9.17, 15) is 0 Å². The fourth-order valence-electron chi connectivity index (χ4n) is 2.19. The monoisotopic (exact) mass is 271 g/mol. The minimum Gasteiger partial charge on any atom is -0.473 e. The van der Waals surface area contributed by atoms with Crippen molar-refractivity contribution in [1.29, 1.82) is 0 Å². The first kappa shape index (κ1) is 14.3. The van der Waals surface area contributed by atoms with Crippen LogP contribution >= 0.6 is 0 Å². The standard InChI is InChI=1S/C16H21N3O/c1-4-13-8-6-9-15(19(3)17)14(13)11-20-16-10-5-7-12(2)18-16/h5-10H,4,11,17H2,1-3H3. The van der Waals surface area contributed by atoms with E-state index in [1.807, 2.05) is 44.3 Å². The summed E-state index contributed by atoms with van der Waals surface area (Å²) < 4.78 is 5.81. The second kappa shape index (κ2) is 6.39. The Hall–Kier alpha value is -2.07.